The topological polar surface area (TPSA) is 80.3 Å². The molecule has 1 aromatic rings. The van der Waals surface area contributed by atoms with Crippen molar-refractivity contribution in [3.8, 4) is 0 Å². The number of carbonyl (C=O) groups is 3. The molecule has 2 aliphatic rings. The summed E-state index contributed by atoms with van der Waals surface area (Å²) in [6.45, 7) is 4.01. The Balaban J connectivity index is 2.12. The van der Waals surface area contributed by atoms with Crippen molar-refractivity contribution in [1.82, 2.24) is 4.90 Å². The lowest BCUT2D eigenvalue weighted by molar-refractivity contribution is -0.734. The number of rotatable bonds is 6. The van der Waals surface area contributed by atoms with Gasteiger partial charge >= 0.3 is 5.97 Å². The van der Waals surface area contributed by atoms with Crippen LogP contribution in [-0.4, -0.2) is 53.9 Å². The van der Waals surface area contributed by atoms with Crippen LogP contribution in [0.2, 0.25) is 0 Å². The molecule has 0 bridgehead atoms. The first-order valence-corrected chi connectivity index (χ1v) is 10.7. The van der Waals surface area contributed by atoms with E-state index in [0.29, 0.717) is 12.2 Å². The number of thioether (sulfide) groups is 1. The lowest BCUT2D eigenvalue weighted by Gasteiger charge is -2.29. The van der Waals surface area contributed by atoms with Gasteiger partial charge in [0.25, 0.3) is 0 Å². The molecule has 0 radical (unpaired) electrons. The molecule has 0 aliphatic carbocycles. The van der Waals surface area contributed by atoms with E-state index in [2.05, 4.69) is 0 Å². The maximum Gasteiger partial charge on any atom is 0.368 e. The van der Waals surface area contributed by atoms with Gasteiger partial charge in [-0.3, -0.25) is 14.5 Å². The third kappa shape index (κ3) is 3.17. The molecule has 2 fully saturated rings. The number of aryl methyl sites for hydroxylation is 1. The van der Waals surface area contributed by atoms with Gasteiger partial charge in [-0.15, -0.1) is 0 Å². The zero-order valence-corrected chi connectivity index (χ0v) is 17.0. The molecule has 2 aliphatic heterocycles. The number of quaternary nitrogens is 1. The van der Waals surface area contributed by atoms with Gasteiger partial charge in [0.2, 0.25) is 17.4 Å². The van der Waals surface area contributed by atoms with E-state index in [4.69, 9.17) is 4.74 Å². The van der Waals surface area contributed by atoms with Crippen molar-refractivity contribution < 1.29 is 24.4 Å². The molecule has 7 heteroatoms. The molecule has 2 amide bonds. The molecule has 0 saturated carbocycles. The predicted octanol–water partition coefficient (Wildman–Crippen LogP) is 0.899. The summed E-state index contributed by atoms with van der Waals surface area (Å²) in [4.78, 5) is 40.2. The van der Waals surface area contributed by atoms with Crippen LogP contribution in [0.1, 0.15) is 30.5 Å². The van der Waals surface area contributed by atoms with E-state index >= 15 is 0 Å². The third-order valence-electron chi connectivity index (χ3n) is 5.79. The van der Waals surface area contributed by atoms with Crippen LogP contribution in [0, 0.1) is 18.8 Å². The molecule has 1 aromatic carbocycles. The maximum absolute atomic E-state index is 13.1. The third-order valence-corrected chi connectivity index (χ3v) is 6.41. The Hall–Kier alpha value is -1.86. The van der Waals surface area contributed by atoms with Crippen molar-refractivity contribution in [2.75, 3.05) is 25.7 Å². The van der Waals surface area contributed by atoms with E-state index in [1.165, 1.54) is 11.9 Å². The Morgan fingerprint density at radius 3 is 2.70 bits per heavy atom. The number of imide groups is 1. The highest BCUT2D eigenvalue weighted by molar-refractivity contribution is 7.98. The number of carbonyl (C=O) groups excluding carboxylic acids is 3. The van der Waals surface area contributed by atoms with Gasteiger partial charge in [0.1, 0.15) is 17.9 Å². The van der Waals surface area contributed by atoms with Crippen molar-refractivity contribution >= 4 is 29.5 Å². The highest BCUT2D eigenvalue weighted by Crippen LogP contribution is 2.45. The first kappa shape index (κ1) is 19.9. The average Bonchev–Trinajstić information content (AvgIpc) is 3.11. The molecule has 27 heavy (non-hydrogen) atoms. The molecule has 2 saturated heterocycles. The normalized spacial score (nSPS) is 29.9. The van der Waals surface area contributed by atoms with Crippen molar-refractivity contribution in [3.05, 3.63) is 35.4 Å². The fraction of sp³-hybridized carbons (Fsp3) is 0.550. The van der Waals surface area contributed by atoms with Crippen LogP contribution < -0.4 is 5.32 Å². The van der Waals surface area contributed by atoms with Gasteiger partial charge in [-0.25, -0.2) is 4.79 Å². The van der Waals surface area contributed by atoms with Crippen molar-refractivity contribution in [2.24, 2.45) is 11.8 Å². The maximum atomic E-state index is 13.1. The van der Waals surface area contributed by atoms with Crippen LogP contribution in [0.25, 0.3) is 0 Å². The monoisotopic (exact) mass is 391 g/mol. The number of benzene rings is 1. The molecule has 2 heterocycles. The molecule has 0 spiro atoms. The highest BCUT2D eigenvalue weighted by atomic mass is 32.2. The SMILES string of the molecule is CCOC(=O)[C@@]1(CCSC)[NH2+][C@@H](c2cccc(C)c2)[C@H]2C(=O)N(C)C(=O)[C@H]21. The zero-order chi connectivity index (χ0) is 19.8. The quantitative estimate of drug-likeness (QED) is 0.576. The van der Waals surface area contributed by atoms with Gasteiger partial charge in [-0.2, -0.15) is 11.8 Å². The number of nitrogens with two attached hydrogens (primary N) is 1. The molecule has 0 unspecified atom stereocenters. The smallest absolute Gasteiger partial charge is 0.368 e. The second kappa shape index (κ2) is 7.64. The molecule has 2 N–H and O–H groups in total. The summed E-state index contributed by atoms with van der Waals surface area (Å²) in [5.74, 6) is -1.39. The van der Waals surface area contributed by atoms with Crippen LogP contribution in [0.15, 0.2) is 24.3 Å². The van der Waals surface area contributed by atoms with E-state index in [1.54, 1.807) is 18.7 Å². The van der Waals surface area contributed by atoms with E-state index < -0.39 is 17.4 Å². The molecule has 4 atom stereocenters. The zero-order valence-electron chi connectivity index (χ0n) is 16.2. The van der Waals surface area contributed by atoms with Crippen molar-refractivity contribution in [3.63, 3.8) is 0 Å². The summed E-state index contributed by atoms with van der Waals surface area (Å²) >= 11 is 1.62. The number of fused-ring (bicyclic) bond motifs is 1. The van der Waals surface area contributed by atoms with E-state index in [9.17, 15) is 14.4 Å². The number of amides is 2. The Kier molecular flexibility index (Phi) is 5.63. The number of ether oxygens (including phenoxy) is 1. The second-order valence-corrected chi connectivity index (χ2v) is 8.33. The fourth-order valence-electron chi connectivity index (χ4n) is 4.52. The van der Waals surface area contributed by atoms with Gasteiger partial charge in [-0.05, 0) is 25.9 Å². The summed E-state index contributed by atoms with van der Waals surface area (Å²) < 4.78 is 5.40. The standard InChI is InChI=1S/C20H26N2O4S/c1-5-26-19(25)20(9-10-27-4)15-14(17(23)22(3)18(15)24)16(21-20)13-8-6-7-12(2)11-13/h6-8,11,14-16,21H,5,9-10H2,1-4H3/p+1/t14-,15-,16-,20-/m0/s1. The molecule has 0 aromatic heterocycles. The first-order valence-electron chi connectivity index (χ1n) is 9.27. The summed E-state index contributed by atoms with van der Waals surface area (Å²) in [6.07, 6.45) is 2.46. The summed E-state index contributed by atoms with van der Waals surface area (Å²) in [7, 11) is 1.51. The minimum Gasteiger partial charge on any atom is -0.461 e. The van der Waals surface area contributed by atoms with Crippen LogP contribution in [0.4, 0.5) is 0 Å². The van der Waals surface area contributed by atoms with Gasteiger partial charge in [0.05, 0.1) is 6.61 Å². The molecular formula is C20H27N2O4S+. The minimum absolute atomic E-state index is 0.205. The second-order valence-electron chi connectivity index (χ2n) is 7.35. The Morgan fingerprint density at radius 2 is 2.07 bits per heavy atom. The lowest BCUT2D eigenvalue weighted by Crippen LogP contribution is -2.98. The summed E-state index contributed by atoms with van der Waals surface area (Å²) in [6, 6.07) is 7.67. The highest BCUT2D eigenvalue weighted by Gasteiger charge is 2.71. The Bertz CT molecular complexity index is 768. The number of likely N-dealkylation sites (tertiary alicyclic amines) is 1. The fourth-order valence-corrected chi connectivity index (χ4v) is 5.06. The summed E-state index contributed by atoms with van der Waals surface area (Å²) in [5.41, 5.74) is 0.993. The number of hydrogen-bond donors (Lipinski definition) is 1. The number of hydrogen-bond acceptors (Lipinski definition) is 5. The largest absolute Gasteiger partial charge is 0.461 e. The summed E-state index contributed by atoms with van der Waals surface area (Å²) in [5, 5.41) is 1.94. The van der Waals surface area contributed by atoms with Crippen molar-refractivity contribution in [1.29, 1.82) is 0 Å². The van der Waals surface area contributed by atoms with Crippen LogP contribution in [0.5, 0.6) is 0 Å². The molecule has 3 rings (SSSR count). The molecule has 146 valence electrons. The van der Waals surface area contributed by atoms with Crippen molar-refractivity contribution in [2.45, 2.75) is 31.8 Å². The number of esters is 1. The first-order chi connectivity index (χ1) is 12.9. The van der Waals surface area contributed by atoms with E-state index in [0.717, 1.165) is 11.1 Å². The predicted molar refractivity (Wildman–Crippen MR) is 103 cm³/mol. The van der Waals surface area contributed by atoms with Crippen LogP contribution >= 0.6 is 11.8 Å². The average molecular weight is 392 g/mol. The van der Waals surface area contributed by atoms with Crippen LogP contribution in [-0.2, 0) is 19.1 Å². The lowest BCUT2D eigenvalue weighted by atomic mass is 9.77. The Morgan fingerprint density at radius 1 is 1.33 bits per heavy atom. The van der Waals surface area contributed by atoms with E-state index in [1.807, 2.05) is 42.8 Å². The Labute approximate surface area is 164 Å². The van der Waals surface area contributed by atoms with Crippen LogP contribution in [0.3, 0.4) is 0 Å². The van der Waals surface area contributed by atoms with Gasteiger partial charge in [0.15, 0.2) is 0 Å². The van der Waals surface area contributed by atoms with Gasteiger partial charge in [0, 0.05) is 19.0 Å². The molecule has 6 nitrogen and oxygen atoms in total. The number of nitrogens with zero attached hydrogens (tertiary/aromatic N) is 1. The van der Waals surface area contributed by atoms with Gasteiger partial charge in [-0.1, -0.05) is 29.8 Å². The minimum atomic E-state index is -1.06. The van der Waals surface area contributed by atoms with Gasteiger partial charge < -0.3 is 10.1 Å². The molecular weight excluding hydrogens is 364 g/mol. The van der Waals surface area contributed by atoms with E-state index in [-0.39, 0.29) is 30.4 Å².